The molecule has 0 aliphatic heterocycles. The summed E-state index contributed by atoms with van der Waals surface area (Å²) in [5.74, 6) is -0.372. The smallest absolute Gasteiger partial charge is 0.306 e. The van der Waals surface area contributed by atoms with Crippen LogP contribution in [0.2, 0.25) is 4.34 Å². The highest BCUT2D eigenvalue weighted by atomic mass is 35.5. The largest absolute Gasteiger partial charge is 0.481 e. The maximum Gasteiger partial charge on any atom is 0.306 e. The van der Waals surface area contributed by atoms with Gasteiger partial charge in [0.2, 0.25) is 0 Å². The molecular weight excluding hydrogens is 208 g/mol. The van der Waals surface area contributed by atoms with Crippen molar-refractivity contribution in [1.29, 1.82) is 0 Å². The Morgan fingerprint density at radius 3 is 2.69 bits per heavy atom. The van der Waals surface area contributed by atoms with Crippen LogP contribution >= 0.6 is 22.9 Å². The fourth-order valence-electron chi connectivity index (χ4n) is 1.60. The molecule has 1 fully saturated rings. The molecule has 2 rings (SSSR count). The summed E-state index contributed by atoms with van der Waals surface area (Å²) in [4.78, 5) is 11.8. The second kappa shape index (κ2) is 3.31. The summed E-state index contributed by atoms with van der Waals surface area (Å²) in [5.41, 5.74) is 0. The average molecular weight is 217 g/mol. The van der Waals surface area contributed by atoms with Gasteiger partial charge in [0.1, 0.15) is 0 Å². The molecule has 0 aromatic carbocycles. The van der Waals surface area contributed by atoms with Gasteiger partial charge in [-0.2, -0.15) is 0 Å². The molecule has 1 heterocycles. The third-order valence-electron chi connectivity index (χ3n) is 2.48. The lowest BCUT2D eigenvalue weighted by Gasteiger charge is -2.31. The second-order valence-electron chi connectivity index (χ2n) is 3.35. The molecule has 1 N–H and O–H groups in total. The molecule has 1 saturated carbocycles. The molecule has 1 aliphatic carbocycles. The van der Waals surface area contributed by atoms with E-state index in [0.717, 1.165) is 17.2 Å². The lowest BCUT2D eigenvalue weighted by Crippen LogP contribution is -2.28. The Bertz CT molecular complexity index is 328. The molecule has 1 aliphatic rings. The minimum Gasteiger partial charge on any atom is -0.481 e. The predicted molar refractivity (Wildman–Crippen MR) is 52.4 cm³/mol. The summed E-state index contributed by atoms with van der Waals surface area (Å²) >= 11 is 7.34. The topological polar surface area (TPSA) is 37.3 Å². The molecule has 4 heteroatoms. The third-order valence-corrected chi connectivity index (χ3v) is 3.88. The van der Waals surface area contributed by atoms with Crippen LogP contribution in [0.3, 0.4) is 0 Å². The van der Waals surface area contributed by atoms with Crippen molar-refractivity contribution in [2.45, 2.75) is 18.8 Å². The van der Waals surface area contributed by atoms with E-state index in [1.54, 1.807) is 11.3 Å². The predicted octanol–water partition coefficient (Wildman–Crippen LogP) is 2.98. The van der Waals surface area contributed by atoms with E-state index < -0.39 is 5.97 Å². The van der Waals surface area contributed by atoms with Gasteiger partial charge < -0.3 is 5.11 Å². The highest BCUT2D eigenvalue weighted by molar-refractivity contribution is 7.16. The summed E-state index contributed by atoms with van der Waals surface area (Å²) in [5, 5.41) is 8.68. The van der Waals surface area contributed by atoms with Crippen LogP contribution in [-0.4, -0.2) is 11.1 Å². The maximum absolute atomic E-state index is 10.5. The van der Waals surface area contributed by atoms with Gasteiger partial charge in [0.05, 0.1) is 10.3 Å². The van der Waals surface area contributed by atoms with E-state index in [1.807, 2.05) is 12.1 Å². The number of thiophene rings is 1. The van der Waals surface area contributed by atoms with Gasteiger partial charge in [-0.15, -0.1) is 11.3 Å². The number of carbonyl (C=O) groups is 1. The van der Waals surface area contributed by atoms with Crippen LogP contribution in [0.15, 0.2) is 12.1 Å². The molecule has 0 amide bonds. The Balaban J connectivity index is 1.97. The molecule has 1 aromatic heterocycles. The van der Waals surface area contributed by atoms with Gasteiger partial charge in [-0.1, -0.05) is 11.6 Å². The molecule has 2 nitrogen and oxygen atoms in total. The van der Waals surface area contributed by atoms with Crippen molar-refractivity contribution in [1.82, 2.24) is 0 Å². The number of carboxylic acids is 1. The van der Waals surface area contributed by atoms with E-state index >= 15 is 0 Å². The Kier molecular flexibility index (Phi) is 2.30. The number of carboxylic acid groups (broad SMARTS) is 1. The first-order chi connectivity index (χ1) is 6.16. The molecule has 0 atom stereocenters. The zero-order valence-electron chi connectivity index (χ0n) is 6.87. The zero-order valence-corrected chi connectivity index (χ0v) is 8.44. The lowest BCUT2D eigenvalue weighted by atomic mass is 9.74. The Labute approximate surface area is 85.1 Å². The van der Waals surface area contributed by atoms with Crippen LogP contribution in [0.5, 0.6) is 0 Å². The Morgan fingerprint density at radius 2 is 2.23 bits per heavy atom. The standard InChI is InChI=1S/C9H9ClO2S/c10-8-2-1-7(13-8)5-3-6(4-5)9(11)12/h1-2,5-6H,3-4H2,(H,11,12). The number of rotatable bonds is 2. The summed E-state index contributed by atoms with van der Waals surface area (Å²) in [6, 6.07) is 3.87. The van der Waals surface area contributed by atoms with Crippen molar-refractivity contribution in [2.75, 3.05) is 0 Å². The molecule has 0 bridgehead atoms. The molecule has 0 saturated heterocycles. The van der Waals surface area contributed by atoms with E-state index in [4.69, 9.17) is 16.7 Å². The van der Waals surface area contributed by atoms with Crippen molar-refractivity contribution in [3.05, 3.63) is 21.3 Å². The van der Waals surface area contributed by atoms with Crippen LogP contribution < -0.4 is 0 Å². The minimum atomic E-state index is -0.668. The van der Waals surface area contributed by atoms with Gasteiger partial charge in [0.15, 0.2) is 0 Å². The van der Waals surface area contributed by atoms with Crippen LogP contribution in [0.4, 0.5) is 0 Å². The molecule has 0 radical (unpaired) electrons. The fraction of sp³-hybridized carbons (Fsp3) is 0.444. The first-order valence-corrected chi connectivity index (χ1v) is 5.34. The van der Waals surface area contributed by atoms with E-state index in [1.165, 1.54) is 4.88 Å². The van der Waals surface area contributed by atoms with Gasteiger partial charge in [-0.05, 0) is 30.9 Å². The summed E-state index contributed by atoms with van der Waals surface area (Å²) in [6.07, 6.45) is 1.54. The highest BCUT2D eigenvalue weighted by Crippen LogP contribution is 2.44. The first-order valence-electron chi connectivity index (χ1n) is 4.15. The van der Waals surface area contributed by atoms with Gasteiger partial charge in [-0.25, -0.2) is 0 Å². The number of aliphatic carboxylic acids is 1. The third kappa shape index (κ3) is 1.71. The van der Waals surface area contributed by atoms with Crippen LogP contribution in [0.25, 0.3) is 0 Å². The van der Waals surface area contributed by atoms with Crippen LogP contribution in [0.1, 0.15) is 23.6 Å². The number of hydrogen-bond donors (Lipinski definition) is 1. The minimum absolute atomic E-state index is 0.133. The molecular formula is C9H9ClO2S. The van der Waals surface area contributed by atoms with Gasteiger partial charge in [0, 0.05) is 4.88 Å². The van der Waals surface area contributed by atoms with Gasteiger partial charge in [0.25, 0.3) is 0 Å². The van der Waals surface area contributed by atoms with E-state index in [9.17, 15) is 4.79 Å². The zero-order chi connectivity index (χ0) is 9.42. The Hall–Kier alpha value is -0.540. The Morgan fingerprint density at radius 1 is 1.54 bits per heavy atom. The molecule has 13 heavy (non-hydrogen) atoms. The molecule has 70 valence electrons. The summed E-state index contributed by atoms with van der Waals surface area (Å²) < 4.78 is 0.786. The van der Waals surface area contributed by atoms with E-state index in [0.29, 0.717) is 5.92 Å². The summed E-state index contributed by atoms with van der Waals surface area (Å²) in [6.45, 7) is 0. The van der Waals surface area contributed by atoms with Crippen molar-refractivity contribution >= 4 is 28.9 Å². The highest BCUT2D eigenvalue weighted by Gasteiger charge is 2.35. The maximum atomic E-state index is 10.5. The van der Waals surface area contributed by atoms with Gasteiger partial charge >= 0.3 is 5.97 Å². The molecule has 0 unspecified atom stereocenters. The average Bonchev–Trinajstić information content (AvgIpc) is 2.31. The molecule has 0 spiro atoms. The van der Waals surface area contributed by atoms with Crippen molar-refractivity contribution in [3.8, 4) is 0 Å². The van der Waals surface area contributed by atoms with E-state index in [-0.39, 0.29) is 5.92 Å². The second-order valence-corrected chi connectivity index (χ2v) is 5.09. The number of halogens is 1. The van der Waals surface area contributed by atoms with E-state index in [2.05, 4.69) is 0 Å². The van der Waals surface area contributed by atoms with Crippen molar-refractivity contribution < 1.29 is 9.90 Å². The van der Waals surface area contributed by atoms with Gasteiger partial charge in [-0.3, -0.25) is 4.79 Å². The van der Waals surface area contributed by atoms with Crippen LogP contribution in [-0.2, 0) is 4.79 Å². The van der Waals surface area contributed by atoms with Crippen molar-refractivity contribution in [2.24, 2.45) is 5.92 Å². The fourth-order valence-corrected chi connectivity index (χ4v) is 2.79. The quantitative estimate of drug-likeness (QED) is 0.825. The first kappa shape index (κ1) is 9.03. The molecule has 1 aromatic rings. The normalized spacial score (nSPS) is 26.8. The monoisotopic (exact) mass is 216 g/mol. The lowest BCUT2D eigenvalue weighted by molar-refractivity contribution is -0.145. The van der Waals surface area contributed by atoms with Crippen LogP contribution in [0, 0.1) is 5.92 Å². The SMILES string of the molecule is O=C(O)C1CC(c2ccc(Cl)s2)C1. The van der Waals surface area contributed by atoms with Crippen molar-refractivity contribution in [3.63, 3.8) is 0 Å². The number of hydrogen-bond acceptors (Lipinski definition) is 2. The summed E-state index contributed by atoms with van der Waals surface area (Å²) in [7, 11) is 0.